The molecule has 0 atom stereocenters. The summed E-state index contributed by atoms with van der Waals surface area (Å²) in [6.45, 7) is 2.39. The van der Waals surface area contributed by atoms with Crippen molar-refractivity contribution in [2.75, 3.05) is 19.8 Å². The molecule has 0 N–H and O–H groups in total. The maximum atomic E-state index is 8.03. The molecule has 0 aliphatic carbocycles. The number of hydrogen-bond acceptors (Lipinski definition) is 2. The van der Waals surface area contributed by atoms with E-state index in [0.717, 1.165) is 32.5 Å². The molecule has 0 spiro atoms. The number of rotatable bonds is 3. The topological polar surface area (TPSA) is 58.0 Å². The van der Waals surface area contributed by atoms with Gasteiger partial charge in [-0.15, -0.1) is 0 Å². The lowest BCUT2D eigenvalue weighted by Crippen LogP contribution is -2.16. The molecular weight excluding hydrogens is 142 g/mol. The van der Waals surface area contributed by atoms with Crippen molar-refractivity contribution in [2.24, 2.45) is 11.0 Å². The number of azide groups is 1. The van der Waals surface area contributed by atoms with Crippen LogP contribution in [0.2, 0.25) is 0 Å². The molecule has 0 amide bonds. The molecule has 4 heteroatoms. The molecule has 11 heavy (non-hydrogen) atoms. The second-order valence-electron chi connectivity index (χ2n) is 2.80. The molecule has 1 fully saturated rings. The summed E-state index contributed by atoms with van der Waals surface area (Å²) < 4.78 is 5.20. The van der Waals surface area contributed by atoms with Crippen molar-refractivity contribution in [1.29, 1.82) is 0 Å². The molecule has 0 radical (unpaired) electrons. The van der Waals surface area contributed by atoms with E-state index >= 15 is 0 Å². The minimum absolute atomic E-state index is 0.640. The van der Waals surface area contributed by atoms with Crippen LogP contribution in [0, 0.1) is 5.92 Å². The second kappa shape index (κ2) is 4.99. The molecule has 0 aromatic rings. The van der Waals surface area contributed by atoms with Gasteiger partial charge in [-0.1, -0.05) is 5.11 Å². The van der Waals surface area contributed by atoms with E-state index in [0.29, 0.717) is 12.5 Å². The van der Waals surface area contributed by atoms with Gasteiger partial charge >= 0.3 is 0 Å². The summed E-state index contributed by atoms with van der Waals surface area (Å²) in [5.74, 6) is 0.717. The maximum absolute atomic E-state index is 8.03. The van der Waals surface area contributed by atoms with Crippen LogP contribution in [-0.2, 0) is 4.74 Å². The van der Waals surface area contributed by atoms with E-state index in [4.69, 9.17) is 10.3 Å². The monoisotopic (exact) mass is 155 g/mol. The first-order valence-corrected chi connectivity index (χ1v) is 4.02. The Balaban J connectivity index is 2.09. The van der Waals surface area contributed by atoms with Crippen LogP contribution < -0.4 is 0 Å². The van der Waals surface area contributed by atoms with Crippen LogP contribution in [0.4, 0.5) is 0 Å². The van der Waals surface area contributed by atoms with Crippen LogP contribution in [-0.4, -0.2) is 19.8 Å². The van der Waals surface area contributed by atoms with Crippen molar-refractivity contribution < 1.29 is 4.74 Å². The fourth-order valence-electron chi connectivity index (χ4n) is 1.32. The highest BCUT2D eigenvalue weighted by molar-refractivity contribution is 4.64. The average molecular weight is 155 g/mol. The Kier molecular flexibility index (Phi) is 3.80. The lowest BCUT2D eigenvalue weighted by atomic mass is 9.97. The summed E-state index contributed by atoms with van der Waals surface area (Å²) >= 11 is 0. The second-order valence-corrected chi connectivity index (χ2v) is 2.80. The smallest absolute Gasteiger partial charge is 0.0468 e. The van der Waals surface area contributed by atoms with Crippen molar-refractivity contribution in [3.05, 3.63) is 10.4 Å². The summed E-state index contributed by atoms with van der Waals surface area (Å²) in [6.07, 6.45) is 3.27. The third-order valence-electron chi connectivity index (χ3n) is 2.04. The molecule has 1 aliphatic rings. The number of hydrogen-bond donors (Lipinski definition) is 0. The highest BCUT2D eigenvalue weighted by Crippen LogP contribution is 2.17. The molecule has 0 aromatic heterocycles. The molecule has 0 aromatic carbocycles. The van der Waals surface area contributed by atoms with Gasteiger partial charge in [0.05, 0.1) is 0 Å². The van der Waals surface area contributed by atoms with Gasteiger partial charge in [-0.3, -0.25) is 0 Å². The lowest BCUT2D eigenvalue weighted by Gasteiger charge is -2.20. The summed E-state index contributed by atoms with van der Waals surface area (Å²) in [6, 6.07) is 0. The average Bonchev–Trinajstić information content (AvgIpc) is 2.07. The van der Waals surface area contributed by atoms with Crippen LogP contribution in [0.1, 0.15) is 19.3 Å². The third kappa shape index (κ3) is 3.25. The molecule has 1 saturated heterocycles. The van der Waals surface area contributed by atoms with E-state index in [-0.39, 0.29) is 0 Å². The van der Waals surface area contributed by atoms with E-state index in [1.54, 1.807) is 0 Å². The third-order valence-corrected chi connectivity index (χ3v) is 2.04. The van der Waals surface area contributed by atoms with Gasteiger partial charge in [-0.25, -0.2) is 0 Å². The van der Waals surface area contributed by atoms with Crippen molar-refractivity contribution in [3.8, 4) is 0 Å². The van der Waals surface area contributed by atoms with Crippen LogP contribution in [0.15, 0.2) is 5.11 Å². The molecular formula is C7H13N3O. The van der Waals surface area contributed by atoms with E-state index < -0.39 is 0 Å². The van der Waals surface area contributed by atoms with Gasteiger partial charge in [0.25, 0.3) is 0 Å². The largest absolute Gasteiger partial charge is 0.381 e. The van der Waals surface area contributed by atoms with Crippen LogP contribution >= 0.6 is 0 Å². The lowest BCUT2D eigenvalue weighted by molar-refractivity contribution is 0.0646. The van der Waals surface area contributed by atoms with E-state index in [1.165, 1.54) is 0 Å². The fourth-order valence-corrected chi connectivity index (χ4v) is 1.32. The van der Waals surface area contributed by atoms with Crippen LogP contribution in [0.25, 0.3) is 10.4 Å². The highest BCUT2D eigenvalue weighted by Gasteiger charge is 2.12. The minimum atomic E-state index is 0.640. The Bertz CT molecular complexity index is 148. The Labute approximate surface area is 66.2 Å². The van der Waals surface area contributed by atoms with E-state index in [9.17, 15) is 0 Å². The normalized spacial score (nSPS) is 19.3. The van der Waals surface area contributed by atoms with Crippen molar-refractivity contribution in [1.82, 2.24) is 0 Å². The molecule has 4 nitrogen and oxygen atoms in total. The predicted molar refractivity (Wildman–Crippen MR) is 42.2 cm³/mol. The maximum Gasteiger partial charge on any atom is 0.0468 e. The zero-order valence-electron chi connectivity index (χ0n) is 6.57. The Morgan fingerprint density at radius 3 is 2.82 bits per heavy atom. The minimum Gasteiger partial charge on any atom is -0.381 e. The van der Waals surface area contributed by atoms with Crippen LogP contribution in [0.3, 0.4) is 0 Å². The first-order chi connectivity index (χ1) is 5.43. The summed E-state index contributed by atoms with van der Waals surface area (Å²) in [5, 5.41) is 3.51. The molecule has 1 rings (SSSR count). The zero-order chi connectivity index (χ0) is 7.94. The van der Waals surface area contributed by atoms with Gasteiger partial charge in [-0.05, 0) is 30.7 Å². The van der Waals surface area contributed by atoms with Crippen LogP contribution in [0.5, 0.6) is 0 Å². The van der Waals surface area contributed by atoms with Crippen molar-refractivity contribution in [3.63, 3.8) is 0 Å². The van der Waals surface area contributed by atoms with Crippen molar-refractivity contribution in [2.45, 2.75) is 19.3 Å². The Hall–Kier alpha value is -0.730. The first-order valence-electron chi connectivity index (χ1n) is 4.02. The van der Waals surface area contributed by atoms with Gasteiger partial charge < -0.3 is 4.74 Å². The van der Waals surface area contributed by atoms with Crippen molar-refractivity contribution >= 4 is 0 Å². The molecule has 0 bridgehead atoms. The summed E-state index contributed by atoms with van der Waals surface area (Å²) in [7, 11) is 0. The SMILES string of the molecule is [N-]=[N+]=NCCC1CCOCC1. The Morgan fingerprint density at radius 2 is 2.18 bits per heavy atom. The highest BCUT2D eigenvalue weighted by atomic mass is 16.5. The predicted octanol–water partition coefficient (Wildman–Crippen LogP) is 2.11. The first kappa shape index (κ1) is 8.37. The van der Waals surface area contributed by atoms with Gasteiger partial charge in [0.15, 0.2) is 0 Å². The molecule has 0 saturated carbocycles. The molecule has 0 unspecified atom stereocenters. The standard InChI is InChI=1S/C7H13N3O/c8-10-9-4-1-7-2-5-11-6-3-7/h7H,1-6H2. The molecule has 1 heterocycles. The van der Waals surface area contributed by atoms with Gasteiger partial charge in [-0.2, -0.15) is 0 Å². The Morgan fingerprint density at radius 1 is 1.45 bits per heavy atom. The van der Waals surface area contributed by atoms with Gasteiger partial charge in [0.1, 0.15) is 0 Å². The summed E-state index contributed by atoms with van der Waals surface area (Å²) in [5.41, 5.74) is 8.03. The van der Waals surface area contributed by atoms with E-state index in [1.807, 2.05) is 0 Å². The molecule has 62 valence electrons. The molecule has 1 aliphatic heterocycles. The van der Waals surface area contributed by atoms with E-state index in [2.05, 4.69) is 10.0 Å². The zero-order valence-corrected chi connectivity index (χ0v) is 6.57. The van der Waals surface area contributed by atoms with Gasteiger partial charge in [0, 0.05) is 24.7 Å². The fraction of sp³-hybridized carbons (Fsp3) is 1.00. The number of ether oxygens (including phenoxy) is 1. The summed E-state index contributed by atoms with van der Waals surface area (Å²) in [4.78, 5) is 2.71. The van der Waals surface area contributed by atoms with Gasteiger partial charge in [0.2, 0.25) is 0 Å². The quantitative estimate of drug-likeness (QED) is 0.350. The number of nitrogens with zero attached hydrogens (tertiary/aromatic N) is 3.